The Balaban J connectivity index is 2.28. The van der Waals surface area contributed by atoms with E-state index in [-0.39, 0.29) is 0 Å². The third-order valence-electron chi connectivity index (χ3n) is 2.35. The van der Waals surface area contributed by atoms with Gasteiger partial charge in [0, 0.05) is 11.9 Å². The number of anilines is 1. The molecule has 76 valence electrons. The van der Waals surface area contributed by atoms with Crippen LogP contribution in [-0.2, 0) is 0 Å². The summed E-state index contributed by atoms with van der Waals surface area (Å²) in [7, 11) is -1.38. The van der Waals surface area contributed by atoms with Gasteiger partial charge in [0.15, 0.2) is 0 Å². The number of nitrogens with zero attached hydrogens (tertiary/aromatic N) is 1. The van der Waals surface area contributed by atoms with Crippen LogP contribution in [0.15, 0.2) is 54.8 Å². The summed E-state index contributed by atoms with van der Waals surface area (Å²) in [5.74, 6) is -0.419. The molecule has 0 saturated carbocycles. The molecule has 1 aliphatic heterocycles. The predicted octanol–water partition coefficient (Wildman–Crippen LogP) is 0.957. The van der Waals surface area contributed by atoms with E-state index in [1.807, 2.05) is 53.6 Å². The fraction of sp³-hybridized carbons (Fsp3) is 0.0909. The molecule has 0 saturated heterocycles. The fourth-order valence-corrected chi connectivity index (χ4v) is 1.61. The SMILES string of the molecule is OB(O)C1C=CC=CN1c1ccccc1. The van der Waals surface area contributed by atoms with Gasteiger partial charge in [0.2, 0.25) is 0 Å². The molecule has 0 aromatic heterocycles. The second-order valence-corrected chi connectivity index (χ2v) is 3.37. The Morgan fingerprint density at radius 3 is 2.47 bits per heavy atom. The Bertz CT molecular complexity index is 375. The highest BCUT2D eigenvalue weighted by atomic mass is 16.4. The Morgan fingerprint density at radius 2 is 1.80 bits per heavy atom. The number of para-hydroxylation sites is 1. The summed E-state index contributed by atoms with van der Waals surface area (Å²) in [5, 5.41) is 18.5. The molecular formula is C11H12BNO2. The molecule has 2 rings (SSSR count). The van der Waals surface area contributed by atoms with Crippen molar-refractivity contribution >= 4 is 12.8 Å². The van der Waals surface area contributed by atoms with Crippen molar-refractivity contribution in [3.8, 4) is 0 Å². The van der Waals surface area contributed by atoms with Crippen molar-refractivity contribution in [2.45, 2.75) is 5.94 Å². The molecule has 0 amide bonds. The summed E-state index contributed by atoms with van der Waals surface area (Å²) < 4.78 is 0. The third-order valence-corrected chi connectivity index (χ3v) is 2.35. The van der Waals surface area contributed by atoms with Gasteiger partial charge in [-0.15, -0.1) is 0 Å². The Morgan fingerprint density at radius 1 is 1.07 bits per heavy atom. The number of hydrogen-bond acceptors (Lipinski definition) is 3. The van der Waals surface area contributed by atoms with Gasteiger partial charge in [-0.3, -0.25) is 0 Å². The van der Waals surface area contributed by atoms with Crippen LogP contribution in [0.2, 0.25) is 0 Å². The van der Waals surface area contributed by atoms with Gasteiger partial charge in [0.05, 0.1) is 5.94 Å². The van der Waals surface area contributed by atoms with Crippen molar-refractivity contribution in [3.05, 3.63) is 54.8 Å². The largest absolute Gasteiger partial charge is 0.480 e. The molecule has 0 aliphatic carbocycles. The van der Waals surface area contributed by atoms with Crippen LogP contribution in [0.5, 0.6) is 0 Å². The van der Waals surface area contributed by atoms with Crippen LogP contribution in [0.3, 0.4) is 0 Å². The molecule has 3 nitrogen and oxygen atoms in total. The average Bonchev–Trinajstić information content (AvgIpc) is 2.30. The Hall–Kier alpha value is -1.52. The molecule has 1 unspecified atom stereocenters. The third kappa shape index (κ3) is 2.11. The summed E-state index contributed by atoms with van der Waals surface area (Å²) >= 11 is 0. The van der Waals surface area contributed by atoms with E-state index in [4.69, 9.17) is 0 Å². The molecule has 1 aliphatic rings. The Labute approximate surface area is 89.1 Å². The van der Waals surface area contributed by atoms with Crippen molar-refractivity contribution < 1.29 is 10.0 Å². The summed E-state index contributed by atoms with van der Waals surface area (Å²) in [6.45, 7) is 0. The van der Waals surface area contributed by atoms with Gasteiger partial charge in [-0.1, -0.05) is 30.4 Å². The first-order valence-electron chi connectivity index (χ1n) is 4.83. The molecule has 1 aromatic rings. The van der Waals surface area contributed by atoms with Gasteiger partial charge in [-0.05, 0) is 18.2 Å². The van der Waals surface area contributed by atoms with Crippen LogP contribution in [0.4, 0.5) is 5.69 Å². The van der Waals surface area contributed by atoms with E-state index in [0.717, 1.165) is 5.69 Å². The topological polar surface area (TPSA) is 43.7 Å². The van der Waals surface area contributed by atoms with E-state index in [0.29, 0.717) is 0 Å². The maximum atomic E-state index is 9.24. The van der Waals surface area contributed by atoms with E-state index in [9.17, 15) is 10.0 Å². The highest BCUT2D eigenvalue weighted by Gasteiger charge is 2.27. The van der Waals surface area contributed by atoms with Crippen LogP contribution in [0.1, 0.15) is 0 Å². The van der Waals surface area contributed by atoms with Crippen molar-refractivity contribution in [3.63, 3.8) is 0 Å². The van der Waals surface area contributed by atoms with Crippen LogP contribution in [0.25, 0.3) is 0 Å². The zero-order valence-electron chi connectivity index (χ0n) is 8.19. The van der Waals surface area contributed by atoms with E-state index < -0.39 is 13.1 Å². The van der Waals surface area contributed by atoms with Gasteiger partial charge < -0.3 is 14.9 Å². The maximum absolute atomic E-state index is 9.24. The molecule has 0 spiro atoms. The quantitative estimate of drug-likeness (QED) is 0.700. The zero-order chi connectivity index (χ0) is 10.7. The monoisotopic (exact) mass is 201 g/mol. The van der Waals surface area contributed by atoms with E-state index >= 15 is 0 Å². The Kier molecular flexibility index (Phi) is 2.90. The molecule has 1 atom stereocenters. The van der Waals surface area contributed by atoms with Crippen LogP contribution >= 0.6 is 0 Å². The highest BCUT2D eigenvalue weighted by molar-refractivity contribution is 6.45. The lowest BCUT2D eigenvalue weighted by Gasteiger charge is -2.29. The molecule has 15 heavy (non-hydrogen) atoms. The lowest BCUT2D eigenvalue weighted by atomic mass is 9.77. The predicted molar refractivity (Wildman–Crippen MR) is 61.2 cm³/mol. The summed E-state index contributed by atoms with van der Waals surface area (Å²) in [6, 6.07) is 9.62. The first-order valence-corrected chi connectivity index (χ1v) is 4.83. The van der Waals surface area contributed by atoms with E-state index in [1.54, 1.807) is 6.08 Å². The van der Waals surface area contributed by atoms with Gasteiger partial charge >= 0.3 is 7.12 Å². The zero-order valence-corrected chi connectivity index (χ0v) is 8.19. The molecule has 2 N–H and O–H groups in total. The van der Waals surface area contributed by atoms with Crippen molar-refractivity contribution in [2.24, 2.45) is 0 Å². The smallest absolute Gasteiger partial charge is 0.426 e. The molecule has 0 bridgehead atoms. The normalized spacial score (nSPS) is 19.3. The summed E-state index contributed by atoms with van der Waals surface area (Å²) in [6.07, 6.45) is 7.27. The molecule has 1 aromatic carbocycles. The van der Waals surface area contributed by atoms with Crippen LogP contribution < -0.4 is 4.90 Å². The van der Waals surface area contributed by atoms with Crippen molar-refractivity contribution in [1.29, 1.82) is 0 Å². The maximum Gasteiger partial charge on any atom is 0.480 e. The summed E-state index contributed by atoms with van der Waals surface area (Å²) in [4.78, 5) is 1.82. The number of benzene rings is 1. The van der Waals surface area contributed by atoms with Gasteiger partial charge in [-0.2, -0.15) is 0 Å². The number of hydrogen-bond donors (Lipinski definition) is 2. The second-order valence-electron chi connectivity index (χ2n) is 3.37. The van der Waals surface area contributed by atoms with Gasteiger partial charge in [0.25, 0.3) is 0 Å². The first kappa shape index (κ1) is 10.0. The summed E-state index contributed by atoms with van der Waals surface area (Å²) in [5.41, 5.74) is 0.941. The average molecular weight is 201 g/mol. The van der Waals surface area contributed by atoms with Crippen LogP contribution in [-0.4, -0.2) is 23.1 Å². The number of rotatable bonds is 2. The minimum atomic E-state index is -1.38. The van der Waals surface area contributed by atoms with Crippen molar-refractivity contribution in [1.82, 2.24) is 0 Å². The standard InChI is InChI=1S/C11H12BNO2/c14-12(15)11-8-4-5-9-13(11)10-6-2-1-3-7-10/h1-9,11,14-15H. The van der Waals surface area contributed by atoms with Gasteiger partial charge in [-0.25, -0.2) is 0 Å². The number of allylic oxidation sites excluding steroid dienone is 2. The minimum Gasteiger partial charge on any atom is -0.426 e. The van der Waals surface area contributed by atoms with Crippen molar-refractivity contribution in [2.75, 3.05) is 4.90 Å². The van der Waals surface area contributed by atoms with E-state index in [2.05, 4.69) is 0 Å². The lowest BCUT2D eigenvalue weighted by Crippen LogP contribution is -2.43. The minimum absolute atomic E-state index is 0.419. The highest BCUT2D eigenvalue weighted by Crippen LogP contribution is 2.20. The van der Waals surface area contributed by atoms with E-state index in [1.165, 1.54) is 0 Å². The fourth-order valence-electron chi connectivity index (χ4n) is 1.61. The van der Waals surface area contributed by atoms with Gasteiger partial charge in [0.1, 0.15) is 0 Å². The first-order chi connectivity index (χ1) is 7.29. The molecule has 4 heteroatoms. The molecule has 1 heterocycles. The molecular weight excluding hydrogens is 189 g/mol. The molecule has 0 radical (unpaired) electrons. The molecule has 0 fully saturated rings. The second kappa shape index (κ2) is 4.34. The lowest BCUT2D eigenvalue weighted by molar-refractivity contribution is 0.396. The van der Waals surface area contributed by atoms with Crippen LogP contribution in [0, 0.1) is 0 Å².